The molecule has 0 aromatic carbocycles. The molecule has 0 heterocycles. The third kappa shape index (κ3) is 6.37. The quantitative estimate of drug-likeness (QED) is 0.278. The zero-order valence-electron chi connectivity index (χ0n) is 8.91. The zero-order chi connectivity index (χ0) is 10.9. The number of rotatable bonds is 8. The molecule has 0 atom stereocenters. The fourth-order valence-electron chi connectivity index (χ4n) is 0.797. The van der Waals surface area contributed by atoms with Crippen LogP contribution in [0.5, 0.6) is 0 Å². The van der Waals surface area contributed by atoms with Gasteiger partial charge in [-0.25, -0.2) is 4.99 Å². The smallest absolute Gasteiger partial charge is 0.377 e. The van der Waals surface area contributed by atoms with Crippen molar-refractivity contribution in [2.45, 2.75) is 19.4 Å². The highest BCUT2D eigenvalue weighted by atomic mass is 32.1. The topological polar surface area (TPSA) is 40.0 Å². The van der Waals surface area contributed by atoms with Crippen molar-refractivity contribution in [3.05, 3.63) is 0 Å². The summed E-state index contributed by atoms with van der Waals surface area (Å²) >= 11 is 4.45. The van der Waals surface area contributed by atoms with Crippen molar-refractivity contribution in [2.24, 2.45) is 4.99 Å². The molecular weight excluding hydrogens is 218 g/mol. The normalized spacial score (nSPS) is 11.1. The molecule has 6 heteroatoms. The summed E-state index contributed by atoms with van der Waals surface area (Å²) < 4.78 is 15.8. The summed E-state index contributed by atoms with van der Waals surface area (Å²) in [6, 6.07) is 0. The number of hydrogen-bond donors (Lipinski definition) is 0. The number of thiocarbonyl (C=S) groups is 1. The Balaban J connectivity index is 3.47. The van der Waals surface area contributed by atoms with E-state index in [9.17, 15) is 0 Å². The van der Waals surface area contributed by atoms with E-state index in [0.717, 1.165) is 12.8 Å². The first-order valence-corrected chi connectivity index (χ1v) is 7.09. The van der Waals surface area contributed by atoms with E-state index in [4.69, 9.17) is 13.3 Å². The Bertz CT molecular complexity index is 193. The average Bonchev–Trinajstić information content (AvgIpc) is 2.23. The minimum absolute atomic E-state index is 0.636. The highest BCUT2D eigenvalue weighted by Crippen LogP contribution is 2.07. The van der Waals surface area contributed by atoms with E-state index in [1.54, 1.807) is 14.2 Å². The first-order valence-electron chi connectivity index (χ1n) is 4.46. The summed E-state index contributed by atoms with van der Waals surface area (Å²) in [5, 5.41) is 2.32. The van der Waals surface area contributed by atoms with Gasteiger partial charge >= 0.3 is 8.80 Å². The van der Waals surface area contributed by atoms with Crippen molar-refractivity contribution in [3.8, 4) is 0 Å². The molecule has 0 unspecified atom stereocenters. The summed E-state index contributed by atoms with van der Waals surface area (Å²) in [5.74, 6) is 0. The largest absolute Gasteiger partial charge is 0.497 e. The van der Waals surface area contributed by atoms with Crippen LogP contribution in [-0.2, 0) is 13.3 Å². The van der Waals surface area contributed by atoms with Crippen LogP contribution in [0.4, 0.5) is 0 Å². The molecule has 0 N–H and O–H groups in total. The van der Waals surface area contributed by atoms with Gasteiger partial charge in [0.1, 0.15) is 0 Å². The maximum atomic E-state index is 5.51. The standard InChI is InChI=1S/C8H17NO3SSi/c1-10-14(3,11-2)12-7-5-4-6-9-8-13/h4-7H2,1-3H3. The number of nitrogens with zero attached hydrogens (tertiary/aromatic N) is 1. The SMILES string of the molecule is CO[Si](C)(OC)OCCCCN=C=S. The maximum Gasteiger partial charge on any atom is 0.497 e. The average molecular weight is 235 g/mol. The van der Waals surface area contributed by atoms with E-state index < -0.39 is 8.80 Å². The lowest BCUT2D eigenvalue weighted by Crippen LogP contribution is -2.40. The van der Waals surface area contributed by atoms with Crippen LogP contribution in [0.3, 0.4) is 0 Å². The van der Waals surface area contributed by atoms with Gasteiger partial charge in [0, 0.05) is 33.9 Å². The molecule has 0 amide bonds. The lowest BCUT2D eigenvalue weighted by atomic mass is 10.3. The molecule has 0 bridgehead atoms. The Morgan fingerprint density at radius 2 is 1.93 bits per heavy atom. The van der Waals surface area contributed by atoms with Gasteiger partial charge in [0.25, 0.3) is 0 Å². The van der Waals surface area contributed by atoms with E-state index >= 15 is 0 Å². The summed E-state index contributed by atoms with van der Waals surface area (Å²) in [6.45, 7) is 3.21. The summed E-state index contributed by atoms with van der Waals surface area (Å²) in [4.78, 5) is 3.80. The van der Waals surface area contributed by atoms with Gasteiger partial charge in [-0.3, -0.25) is 0 Å². The van der Waals surface area contributed by atoms with Gasteiger partial charge in [0.05, 0.1) is 5.16 Å². The molecule has 0 aliphatic rings. The molecule has 4 nitrogen and oxygen atoms in total. The van der Waals surface area contributed by atoms with E-state index in [-0.39, 0.29) is 0 Å². The highest BCUT2D eigenvalue weighted by Gasteiger charge is 2.31. The second kappa shape index (κ2) is 8.23. The monoisotopic (exact) mass is 235 g/mol. The van der Waals surface area contributed by atoms with E-state index in [1.165, 1.54) is 0 Å². The third-order valence-corrected chi connectivity index (χ3v) is 4.18. The van der Waals surface area contributed by atoms with Gasteiger partial charge in [-0.2, -0.15) is 0 Å². The third-order valence-electron chi connectivity index (χ3n) is 1.83. The van der Waals surface area contributed by atoms with Gasteiger partial charge in [0.2, 0.25) is 0 Å². The predicted octanol–water partition coefficient (Wildman–Crippen LogP) is 1.75. The van der Waals surface area contributed by atoms with Gasteiger partial charge in [-0.05, 0) is 25.1 Å². The summed E-state index contributed by atoms with van der Waals surface area (Å²) in [5.41, 5.74) is 0. The van der Waals surface area contributed by atoms with Crippen LogP contribution < -0.4 is 0 Å². The molecule has 0 aromatic rings. The molecule has 0 saturated carbocycles. The Morgan fingerprint density at radius 1 is 1.29 bits per heavy atom. The summed E-state index contributed by atoms with van der Waals surface area (Å²) in [7, 11) is 0.874. The molecule has 0 aliphatic heterocycles. The minimum atomic E-state index is -2.33. The fourth-order valence-corrected chi connectivity index (χ4v) is 1.81. The molecule has 0 rings (SSSR count). The molecular formula is C8H17NO3SSi. The number of unbranched alkanes of at least 4 members (excludes halogenated alkanes) is 1. The Labute approximate surface area is 91.6 Å². The number of aliphatic imine (C=N–C) groups is 1. The maximum absolute atomic E-state index is 5.51. The molecule has 0 aliphatic carbocycles. The fraction of sp³-hybridized carbons (Fsp3) is 0.875. The van der Waals surface area contributed by atoms with Crippen molar-refractivity contribution in [1.82, 2.24) is 0 Å². The number of isothiocyanates is 1. The van der Waals surface area contributed by atoms with Gasteiger partial charge in [0.15, 0.2) is 0 Å². The van der Waals surface area contributed by atoms with Crippen molar-refractivity contribution >= 4 is 26.2 Å². The van der Waals surface area contributed by atoms with Gasteiger partial charge < -0.3 is 13.3 Å². The van der Waals surface area contributed by atoms with Gasteiger partial charge in [-0.1, -0.05) is 0 Å². The van der Waals surface area contributed by atoms with Crippen molar-refractivity contribution in [3.63, 3.8) is 0 Å². The van der Waals surface area contributed by atoms with Crippen LogP contribution in [0.25, 0.3) is 0 Å². The second-order valence-electron chi connectivity index (χ2n) is 2.80. The first-order chi connectivity index (χ1) is 6.68. The molecule has 0 spiro atoms. The zero-order valence-corrected chi connectivity index (χ0v) is 10.7. The van der Waals surface area contributed by atoms with Crippen LogP contribution in [0, 0.1) is 0 Å². The van der Waals surface area contributed by atoms with E-state index in [2.05, 4.69) is 22.4 Å². The Hall–Kier alpha value is -0.103. The molecule has 0 fully saturated rings. The lowest BCUT2D eigenvalue weighted by Gasteiger charge is -2.21. The van der Waals surface area contributed by atoms with Gasteiger partial charge in [-0.15, -0.1) is 0 Å². The Kier molecular flexibility index (Phi) is 8.16. The van der Waals surface area contributed by atoms with Crippen LogP contribution in [0.15, 0.2) is 4.99 Å². The molecule has 0 radical (unpaired) electrons. The van der Waals surface area contributed by atoms with E-state index in [0.29, 0.717) is 13.2 Å². The molecule has 14 heavy (non-hydrogen) atoms. The van der Waals surface area contributed by atoms with Crippen molar-refractivity contribution in [2.75, 3.05) is 27.4 Å². The van der Waals surface area contributed by atoms with Crippen LogP contribution in [0.2, 0.25) is 6.55 Å². The first kappa shape index (κ1) is 13.9. The highest BCUT2D eigenvalue weighted by molar-refractivity contribution is 7.78. The molecule has 0 aromatic heterocycles. The predicted molar refractivity (Wildman–Crippen MR) is 60.7 cm³/mol. The minimum Gasteiger partial charge on any atom is -0.377 e. The molecule has 82 valence electrons. The van der Waals surface area contributed by atoms with Crippen molar-refractivity contribution < 1.29 is 13.3 Å². The second-order valence-corrected chi connectivity index (χ2v) is 5.81. The molecule has 0 saturated heterocycles. The number of hydrogen-bond acceptors (Lipinski definition) is 5. The van der Waals surface area contributed by atoms with Crippen LogP contribution in [-0.4, -0.2) is 41.3 Å². The van der Waals surface area contributed by atoms with Crippen molar-refractivity contribution in [1.29, 1.82) is 0 Å². The summed E-state index contributed by atoms with van der Waals surface area (Å²) in [6.07, 6.45) is 1.87. The Morgan fingerprint density at radius 3 is 2.43 bits per heavy atom. The van der Waals surface area contributed by atoms with Crippen LogP contribution in [0.1, 0.15) is 12.8 Å². The van der Waals surface area contributed by atoms with E-state index in [1.807, 2.05) is 6.55 Å². The van der Waals surface area contributed by atoms with Crippen LogP contribution >= 0.6 is 12.2 Å². The lowest BCUT2D eigenvalue weighted by molar-refractivity contribution is 0.104.